The lowest BCUT2D eigenvalue weighted by Gasteiger charge is -2.11. The number of anilines is 2. The third-order valence-corrected chi connectivity index (χ3v) is 6.19. The summed E-state index contributed by atoms with van der Waals surface area (Å²) in [7, 11) is 0. The summed E-state index contributed by atoms with van der Waals surface area (Å²) >= 11 is 3.08. The van der Waals surface area contributed by atoms with E-state index in [-0.39, 0.29) is 0 Å². The Hall–Kier alpha value is -2.36. The van der Waals surface area contributed by atoms with Crippen molar-refractivity contribution in [3.8, 4) is 10.7 Å². The lowest BCUT2D eigenvalue weighted by atomic mass is 10.4. The standard InChI is InChI=1S/C18H19N7S2/c1-12-10-25-14(18-19-4-7-26-18)9-20-17(25)16(21-12)22-15-8-13(23-27-15)11-24-5-2-3-6-24/h4,7-10H,2-3,5-6,11H2,1H3,(H,21,22). The molecule has 138 valence electrons. The Bertz CT molecular complexity index is 1060. The summed E-state index contributed by atoms with van der Waals surface area (Å²) in [6, 6.07) is 2.12. The van der Waals surface area contributed by atoms with E-state index in [1.807, 2.05) is 30.9 Å². The van der Waals surface area contributed by atoms with Gasteiger partial charge in [-0.1, -0.05) is 0 Å². The maximum Gasteiger partial charge on any atom is 0.181 e. The SMILES string of the molecule is Cc1cn2c(-c3nccs3)cnc2c(Nc2cc(CN3CCCC3)ns2)n1. The third-order valence-electron chi connectivity index (χ3n) is 4.65. The van der Waals surface area contributed by atoms with Gasteiger partial charge >= 0.3 is 0 Å². The number of likely N-dealkylation sites (tertiary alicyclic amines) is 1. The quantitative estimate of drug-likeness (QED) is 0.550. The van der Waals surface area contributed by atoms with Crippen molar-refractivity contribution in [2.75, 3.05) is 18.4 Å². The third kappa shape index (κ3) is 3.33. The summed E-state index contributed by atoms with van der Waals surface area (Å²) < 4.78 is 6.65. The molecule has 0 spiro atoms. The van der Waals surface area contributed by atoms with Gasteiger partial charge < -0.3 is 5.32 Å². The van der Waals surface area contributed by atoms with Crippen LogP contribution >= 0.6 is 22.9 Å². The number of nitrogens with zero attached hydrogens (tertiary/aromatic N) is 6. The molecule has 1 fully saturated rings. The number of hydrogen-bond acceptors (Lipinski definition) is 8. The van der Waals surface area contributed by atoms with Gasteiger partial charge in [-0.3, -0.25) is 9.30 Å². The number of nitrogens with one attached hydrogen (secondary N) is 1. The van der Waals surface area contributed by atoms with Crippen LogP contribution in [-0.2, 0) is 6.54 Å². The van der Waals surface area contributed by atoms with Crippen molar-refractivity contribution in [1.82, 2.24) is 28.6 Å². The van der Waals surface area contributed by atoms with Crippen LogP contribution in [0.15, 0.2) is 30.0 Å². The summed E-state index contributed by atoms with van der Waals surface area (Å²) in [5.74, 6) is 0.745. The highest BCUT2D eigenvalue weighted by molar-refractivity contribution is 7.13. The second kappa shape index (κ2) is 6.99. The average molecular weight is 398 g/mol. The topological polar surface area (TPSA) is 71.2 Å². The molecule has 4 aromatic heterocycles. The zero-order valence-electron chi connectivity index (χ0n) is 14.9. The Labute approximate surface area is 164 Å². The summed E-state index contributed by atoms with van der Waals surface area (Å²) in [4.78, 5) is 16.1. The van der Waals surface area contributed by atoms with Crippen molar-refractivity contribution in [2.24, 2.45) is 0 Å². The first-order chi connectivity index (χ1) is 13.3. The first-order valence-electron chi connectivity index (χ1n) is 8.96. The molecule has 1 aliphatic rings. The van der Waals surface area contributed by atoms with Gasteiger partial charge in [0.05, 0.1) is 17.6 Å². The Balaban J connectivity index is 1.44. The van der Waals surface area contributed by atoms with Crippen LogP contribution in [0.4, 0.5) is 10.8 Å². The minimum atomic E-state index is 0.745. The molecule has 4 aromatic rings. The lowest BCUT2D eigenvalue weighted by Crippen LogP contribution is -2.18. The maximum atomic E-state index is 4.66. The number of rotatable bonds is 5. The summed E-state index contributed by atoms with van der Waals surface area (Å²) in [6.45, 7) is 5.26. The van der Waals surface area contributed by atoms with Crippen LogP contribution < -0.4 is 5.32 Å². The summed E-state index contributed by atoms with van der Waals surface area (Å²) in [6.07, 6.45) is 8.25. The van der Waals surface area contributed by atoms with Gasteiger partial charge in [-0.2, -0.15) is 4.37 Å². The summed E-state index contributed by atoms with van der Waals surface area (Å²) in [5.41, 5.74) is 3.80. The fourth-order valence-electron chi connectivity index (χ4n) is 3.43. The minimum Gasteiger partial charge on any atom is -0.328 e. The van der Waals surface area contributed by atoms with E-state index < -0.39 is 0 Å². The molecule has 0 atom stereocenters. The zero-order chi connectivity index (χ0) is 18.2. The first-order valence-corrected chi connectivity index (χ1v) is 10.6. The molecule has 0 aromatic carbocycles. The van der Waals surface area contributed by atoms with E-state index >= 15 is 0 Å². The van der Waals surface area contributed by atoms with Crippen LogP contribution in [0.5, 0.6) is 0 Å². The normalized spacial score (nSPS) is 15.0. The van der Waals surface area contributed by atoms with Crippen LogP contribution in [-0.4, -0.2) is 41.7 Å². The van der Waals surface area contributed by atoms with Crippen LogP contribution in [0.2, 0.25) is 0 Å². The number of hydrogen-bond donors (Lipinski definition) is 1. The number of aromatic nitrogens is 5. The van der Waals surface area contributed by atoms with E-state index in [2.05, 4.69) is 40.0 Å². The number of fused-ring (bicyclic) bond motifs is 1. The van der Waals surface area contributed by atoms with E-state index in [0.29, 0.717) is 0 Å². The van der Waals surface area contributed by atoms with E-state index in [1.165, 1.54) is 37.5 Å². The molecule has 1 N–H and O–H groups in total. The second-order valence-electron chi connectivity index (χ2n) is 6.70. The molecule has 5 heterocycles. The molecule has 0 bridgehead atoms. The first kappa shape index (κ1) is 16.8. The van der Waals surface area contributed by atoms with Crippen molar-refractivity contribution in [3.05, 3.63) is 41.4 Å². The Morgan fingerprint density at radius 1 is 1.22 bits per heavy atom. The number of thiazole rings is 1. The van der Waals surface area contributed by atoms with Crippen molar-refractivity contribution in [1.29, 1.82) is 0 Å². The molecule has 1 aliphatic heterocycles. The van der Waals surface area contributed by atoms with Gasteiger partial charge in [0.25, 0.3) is 0 Å². The summed E-state index contributed by atoms with van der Waals surface area (Å²) in [5, 5.41) is 7.33. The van der Waals surface area contributed by atoms with Crippen molar-refractivity contribution < 1.29 is 0 Å². The molecule has 0 unspecified atom stereocenters. The molecular formula is C18H19N7S2. The fourth-order valence-corrected chi connectivity index (χ4v) is 4.73. The molecule has 0 amide bonds. The predicted octanol–water partition coefficient (Wildman–Crippen LogP) is 3.96. The number of imidazole rings is 1. The van der Waals surface area contributed by atoms with Crippen LogP contribution in [0.25, 0.3) is 16.3 Å². The van der Waals surface area contributed by atoms with Crippen molar-refractivity contribution in [2.45, 2.75) is 26.3 Å². The molecule has 1 saturated heterocycles. The highest BCUT2D eigenvalue weighted by atomic mass is 32.1. The Morgan fingerprint density at radius 2 is 2.11 bits per heavy atom. The molecule has 27 heavy (non-hydrogen) atoms. The monoisotopic (exact) mass is 397 g/mol. The molecular weight excluding hydrogens is 378 g/mol. The Kier molecular flexibility index (Phi) is 4.35. The van der Waals surface area contributed by atoms with Crippen molar-refractivity contribution >= 4 is 39.3 Å². The van der Waals surface area contributed by atoms with Crippen molar-refractivity contribution in [3.63, 3.8) is 0 Å². The van der Waals surface area contributed by atoms with Crippen LogP contribution in [0.3, 0.4) is 0 Å². The minimum absolute atomic E-state index is 0.745. The van der Waals surface area contributed by atoms with E-state index in [4.69, 9.17) is 0 Å². The number of aryl methyl sites for hydroxylation is 1. The van der Waals surface area contributed by atoms with Gasteiger partial charge in [-0.25, -0.2) is 15.0 Å². The predicted molar refractivity (Wildman–Crippen MR) is 109 cm³/mol. The molecule has 5 rings (SSSR count). The van der Waals surface area contributed by atoms with Crippen LogP contribution in [0, 0.1) is 6.92 Å². The zero-order valence-corrected chi connectivity index (χ0v) is 16.6. The Morgan fingerprint density at radius 3 is 2.93 bits per heavy atom. The van der Waals surface area contributed by atoms with Crippen LogP contribution in [0.1, 0.15) is 24.2 Å². The molecule has 0 aliphatic carbocycles. The lowest BCUT2D eigenvalue weighted by molar-refractivity contribution is 0.328. The van der Waals surface area contributed by atoms with Gasteiger partial charge in [-0.05, 0) is 50.5 Å². The molecule has 0 radical (unpaired) electrons. The van der Waals surface area contributed by atoms with Gasteiger partial charge in [0.2, 0.25) is 0 Å². The molecule has 9 heteroatoms. The van der Waals surface area contributed by atoms with Gasteiger partial charge in [0.15, 0.2) is 11.5 Å². The smallest absolute Gasteiger partial charge is 0.181 e. The van der Waals surface area contributed by atoms with E-state index in [1.54, 1.807) is 11.3 Å². The largest absolute Gasteiger partial charge is 0.328 e. The van der Waals surface area contributed by atoms with E-state index in [0.717, 1.165) is 45.1 Å². The van der Waals surface area contributed by atoms with Gasteiger partial charge in [-0.15, -0.1) is 11.3 Å². The molecule has 7 nitrogen and oxygen atoms in total. The maximum absolute atomic E-state index is 4.66. The molecule has 0 saturated carbocycles. The van der Waals surface area contributed by atoms with E-state index in [9.17, 15) is 0 Å². The average Bonchev–Trinajstić information content (AvgIpc) is 3.43. The van der Waals surface area contributed by atoms with Gasteiger partial charge in [0, 0.05) is 24.3 Å². The second-order valence-corrected chi connectivity index (χ2v) is 8.40. The fraction of sp³-hybridized carbons (Fsp3) is 0.333. The highest BCUT2D eigenvalue weighted by Crippen LogP contribution is 2.28. The van der Waals surface area contributed by atoms with Gasteiger partial charge in [0.1, 0.15) is 15.7 Å². The highest BCUT2D eigenvalue weighted by Gasteiger charge is 2.16.